The third-order valence-corrected chi connectivity index (χ3v) is 6.58. The standard InChI is InChI=1S/C19H17F2N3O4S/c1-27-16-5-3-2-4-12(16)8-18-22-19(28-23-18)13-10-24(11-13)29(25,26)17-9-14(20)6-7-15(17)21/h2-7,9,13H,8,10-11H2,1H3. The van der Waals surface area contributed by atoms with Crippen molar-refractivity contribution in [2.75, 3.05) is 20.2 Å². The first kappa shape index (κ1) is 19.5. The number of methoxy groups -OCH3 is 1. The fourth-order valence-electron chi connectivity index (χ4n) is 3.13. The minimum atomic E-state index is -4.14. The van der Waals surface area contributed by atoms with Gasteiger partial charge in [0.2, 0.25) is 15.9 Å². The molecule has 0 amide bonds. The molecule has 0 spiro atoms. The van der Waals surface area contributed by atoms with Crippen molar-refractivity contribution in [1.82, 2.24) is 14.4 Å². The molecule has 152 valence electrons. The van der Waals surface area contributed by atoms with Gasteiger partial charge in [0.25, 0.3) is 0 Å². The predicted molar refractivity (Wildman–Crippen MR) is 98.0 cm³/mol. The Bertz CT molecular complexity index is 1140. The molecule has 29 heavy (non-hydrogen) atoms. The van der Waals surface area contributed by atoms with Gasteiger partial charge < -0.3 is 9.26 Å². The number of nitrogens with zero attached hydrogens (tertiary/aromatic N) is 3. The highest BCUT2D eigenvalue weighted by Crippen LogP contribution is 2.32. The summed E-state index contributed by atoms with van der Waals surface area (Å²) in [7, 11) is -2.56. The van der Waals surface area contributed by atoms with E-state index < -0.39 is 26.6 Å². The summed E-state index contributed by atoms with van der Waals surface area (Å²) >= 11 is 0. The molecule has 1 aromatic heterocycles. The van der Waals surface area contributed by atoms with Gasteiger partial charge in [-0.25, -0.2) is 17.2 Å². The Morgan fingerprint density at radius 2 is 1.97 bits per heavy atom. The number of hydrogen-bond donors (Lipinski definition) is 0. The highest BCUT2D eigenvalue weighted by Gasteiger charge is 2.41. The number of para-hydroxylation sites is 1. The van der Waals surface area contributed by atoms with E-state index in [0.29, 0.717) is 30.0 Å². The van der Waals surface area contributed by atoms with Gasteiger partial charge >= 0.3 is 0 Å². The van der Waals surface area contributed by atoms with E-state index in [9.17, 15) is 17.2 Å². The van der Waals surface area contributed by atoms with Crippen LogP contribution in [0.25, 0.3) is 0 Å². The summed E-state index contributed by atoms with van der Waals surface area (Å²) in [5.41, 5.74) is 0.891. The number of sulfonamides is 1. The summed E-state index contributed by atoms with van der Waals surface area (Å²) in [5.74, 6) is -0.660. The number of hydrogen-bond acceptors (Lipinski definition) is 6. The molecular weight excluding hydrogens is 404 g/mol. The summed E-state index contributed by atoms with van der Waals surface area (Å²) in [6.07, 6.45) is 0.400. The van der Waals surface area contributed by atoms with E-state index in [1.54, 1.807) is 7.11 Å². The minimum absolute atomic E-state index is 0.0502. The molecule has 0 atom stereocenters. The molecule has 2 aromatic carbocycles. The van der Waals surface area contributed by atoms with Crippen LogP contribution in [0, 0.1) is 11.6 Å². The summed E-state index contributed by atoms with van der Waals surface area (Å²) < 4.78 is 63.9. The third kappa shape index (κ3) is 3.73. The SMILES string of the molecule is COc1ccccc1Cc1noc(C2CN(S(=O)(=O)c3cc(F)ccc3F)C2)n1. The first-order valence-electron chi connectivity index (χ1n) is 8.78. The first-order valence-corrected chi connectivity index (χ1v) is 10.2. The van der Waals surface area contributed by atoms with Gasteiger partial charge in [0.1, 0.15) is 22.3 Å². The van der Waals surface area contributed by atoms with E-state index >= 15 is 0 Å². The molecule has 1 fully saturated rings. The van der Waals surface area contributed by atoms with Gasteiger partial charge in [-0.05, 0) is 24.3 Å². The maximum absolute atomic E-state index is 13.9. The lowest BCUT2D eigenvalue weighted by Gasteiger charge is -2.35. The maximum Gasteiger partial charge on any atom is 0.246 e. The second kappa shape index (κ2) is 7.53. The van der Waals surface area contributed by atoms with E-state index in [1.807, 2.05) is 24.3 Å². The summed E-state index contributed by atoms with van der Waals surface area (Å²) in [4.78, 5) is 3.65. The van der Waals surface area contributed by atoms with Crippen LogP contribution in [0.4, 0.5) is 8.78 Å². The molecule has 0 unspecified atom stereocenters. The molecule has 10 heteroatoms. The number of benzene rings is 2. The zero-order valence-electron chi connectivity index (χ0n) is 15.4. The van der Waals surface area contributed by atoms with Crippen molar-refractivity contribution >= 4 is 10.0 Å². The Kier molecular flexibility index (Phi) is 5.05. The van der Waals surface area contributed by atoms with E-state index in [0.717, 1.165) is 22.0 Å². The number of rotatable bonds is 6. The highest BCUT2D eigenvalue weighted by molar-refractivity contribution is 7.89. The van der Waals surface area contributed by atoms with Crippen molar-refractivity contribution in [1.29, 1.82) is 0 Å². The van der Waals surface area contributed by atoms with Crippen molar-refractivity contribution in [3.05, 3.63) is 71.4 Å². The van der Waals surface area contributed by atoms with Gasteiger partial charge in [-0.3, -0.25) is 0 Å². The van der Waals surface area contributed by atoms with Crippen LogP contribution < -0.4 is 4.74 Å². The molecule has 1 aliphatic heterocycles. The summed E-state index contributed by atoms with van der Waals surface area (Å²) in [6, 6.07) is 9.79. The molecular formula is C19H17F2N3O4S. The molecule has 0 N–H and O–H groups in total. The molecule has 0 radical (unpaired) electrons. The Balaban J connectivity index is 1.45. The average Bonchev–Trinajstić information content (AvgIpc) is 3.10. The molecule has 1 saturated heterocycles. The molecule has 0 aliphatic carbocycles. The fourth-order valence-corrected chi connectivity index (χ4v) is 4.74. The van der Waals surface area contributed by atoms with Crippen LogP contribution in [0.5, 0.6) is 5.75 Å². The zero-order chi connectivity index (χ0) is 20.6. The average molecular weight is 421 g/mol. The van der Waals surface area contributed by atoms with E-state index in [4.69, 9.17) is 9.26 Å². The first-order chi connectivity index (χ1) is 13.9. The smallest absolute Gasteiger partial charge is 0.246 e. The van der Waals surface area contributed by atoms with Gasteiger partial charge in [0, 0.05) is 25.1 Å². The van der Waals surface area contributed by atoms with Crippen molar-refractivity contribution in [2.45, 2.75) is 17.2 Å². The van der Waals surface area contributed by atoms with Crippen LogP contribution in [-0.4, -0.2) is 43.1 Å². The van der Waals surface area contributed by atoms with Crippen molar-refractivity contribution in [3.63, 3.8) is 0 Å². The Morgan fingerprint density at radius 3 is 2.72 bits per heavy atom. The monoisotopic (exact) mass is 421 g/mol. The fraction of sp³-hybridized carbons (Fsp3) is 0.263. The second-order valence-electron chi connectivity index (χ2n) is 6.63. The van der Waals surface area contributed by atoms with Crippen LogP contribution in [0.2, 0.25) is 0 Å². The largest absolute Gasteiger partial charge is 0.496 e. The lowest BCUT2D eigenvalue weighted by molar-refractivity contribution is 0.216. The van der Waals surface area contributed by atoms with Crippen LogP contribution in [0.1, 0.15) is 23.2 Å². The Morgan fingerprint density at radius 1 is 1.21 bits per heavy atom. The normalized spacial score (nSPS) is 15.3. The lowest BCUT2D eigenvalue weighted by atomic mass is 10.0. The van der Waals surface area contributed by atoms with Crippen molar-refractivity contribution < 1.29 is 26.5 Å². The van der Waals surface area contributed by atoms with Crippen molar-refractivity contribution in [3.8, 4) is 5.75 Å². The Labute approximate surface area is 166 Å². The topological polar surface area (TPSA) is 85.5 Å². The number of halogens is 2. The molecule has 0 saturated carbocycles. The zero-order valence-corrected chi connectivity index (χ0v) is 16.2. The van der Waals surface area contributed by atoms with Crippen LogP contribution in [0.3, 0.4) is 0 Å². The summed E-state index contributed by atoms with van der Waals surface area (Å²) in [5, 5.41) is 3.94. The Hall–Kier alpha value is -2.85. The van der Waals surface area contributed by atoms with Gasteiger partial charge in [-0.1, -0.05) is 23.4 Å². The van der Waals surface area contributed by atoms with Crippen LogP contribution in [-0.2, 0) is 16.4 Å². The predicted octanol–water partition coefficient (Wildman–Crippen LogP) is 2.74. The molecule has 4 rings (SSSR count). The van der Waals surface area contributed by atoms with Crippen LogP contribution >= 0.6 is 0 Å². The van der Waals surface area contributed by atoms with E-state index in [-0.39, 0.29) is 19.0 Å². The van der Waals surface area contributed by atoms with Crippen molar-refractivity contribution in [2.24, 2.45) is 0 Å². The molecule has 1 aliphatic rings. The summed E-state index contributed by atoms with van der Waals surface area (Å²) in [6.45, 7) is 0.100. The van der Waals surface area contributed by atoms with Crippen LogP contribution in [0.15, 0.2) is 51.9 Å². The maximum atomic E-state index is 13.9. The molecule has 0 bridgehead atoms. The third-order valence-electron chi connectivity index (χ3n) is 4.73. The highest BCUT2D eigenvalue weighted by atomic mass is 32.2. The van der Waals surface area contributed by atoms with Gasteiger partial charge in [0.05, 0.1) is 13.0 Å². The van der Waals surface area contributed by atoms with E-state index in [2.05, 4.69) is 10.1 Å². The lowest BCUT2D eigenvalue weighted by Crippen LogP contribution is -2.48. The molecule has 2 heterocycles. The quantitative estimate of drug-likeness (QED) is 0.609. The van der Waals surface area contributed by atoms with Gasteiger partial charge in [-0.15, -0.1) is 0 Å². The molecule has 7 nitrogen and oxygen atoms in total. The van der Waals surface area contributed by atoms with Gasteiger partial charge in [0.15, 0.2) is 5.82 Å². The second-order valence-corrected chi connectivity index (χ2v) is 8.54. The minimum Gasteiger partial charge on any atom is -0.496 e. The van der Waals surface area contributed by atoms with E-state index in [1.165, 1.54) is 0 Å². The van der Waals surface area contributed by atoms with Gasteiger partial charge in [-0.2, -0.15) is 9.29 Å². The number of ether oxygens (including phenoxy) is 1. The molecule has 3 aromatic rings. The number of aromatic nitrogens is 2.